The van der Waals surface area contributed by atoms with Gasteiger partial charge in [0, 0.05) is 34.3 Å². The number of thiocarbonyl (C=S) groups is 1. The molecule has 0 unspecified atom stereocenters. The quantitative estimate of drug-likeness (QED) is 0.204. The molecule has 6 nitrogen and oxygen atoms in total. The number of halogens is 2. The first kappa shape index (κ1) is 29.1. The molecule has 1 saturated heterocycles. The zero-order chi connectivity index (χ0) is 28.1. The fraction of sp³-hybridized carbons (Fsp3) is 0.207. The molecule has 0 atom stereocenters. The second-order valence-electron chi connectivity index (χ2n) is 9.11. The molecule has 1 amide bonds. The van der Waals surface area contributed by atoms with Crippen LogP contribution in [0.1, 0.15) is 21.5 Å². The molecule has 0 saturated carbocycles. The number of carboxylic acid groups (broad SMARTS) is 1. The average molecular weight is 602 g/mol. The van der Waals surface area contributed by atoms with Crippen molar-refractivity contribution in [1.82, 2.24) is 9.80 Å². The summed E-state index contributed by atoms with van der Waals surface area (Å²) in [5.74, 6) is -0.508. The molecule has 202 valence electrons. The predicted octanol–water partition coefficient (Wildman–Crippen LogP) is 6.74. The molecular formula is C29H26Cl2N2O4S2. The molecule has 1 fully saturated rings. The molecule has 0 aliphatic carbocycles. The van der Waals surface area contributed by atoms with Crippen molar-refractivity contribution in [2.75, 3.05) is 33.8 Å². The first-order valence-electron chi connectivity index (χ1n) is 12.1. The topological polar surface area (TPSA) is 70.1 Å². The van der Waals surface area contributed by atoms with Gasteiger partial charge >= 0.3 is 5.97 Å². The first-order valence-corrected chi connectivity index (χ1v) is 14.0. The van der Waals surface area contributed by atoms with Gasteiger partial charge in [-0.05, 0) is 74.1 Å². The van der Waals surface area contributed by atoms with E-state index in [1.54, 1.807) is 47.4 Å². The highest BCUT2D eigenvalue weighted by atomic mass is 35.5. The molecule has 1 heterocycles. The van der Waals surface area contributed by atoms with Crippen LogP contribution in [0.3, 0.4) is 0 Å². The van der Waals surface area contributed by atoms with Crippen LogP contribution in [0.2, 0.25) is 10.0 Å². The maximum Gasteiger partial charge on any atom is 0.335 e. The van der Waals surface area contributed by atoms with Gasteiger partial charge in [-0.3, -0.25) is 9.69 Å². The maximum absolute atomic E-state index is 13.3. The van der Waals surface area contributed by atoms with Crippen LogP contribution in [-0.4, -0.2) is 64.9 Å². The number of amides is 1. The summed E-state index contributed by atoms with van der Waals surface area (Å²) in [6.07, 6.45) is 2.35. The van der Waals surface area contributed by atoms with Gasteiger partial charge in [0.25, 0.3) is 5.91 Å². The summed E-state index contributed by atoms with van der Waals surface area (Å²) in [7, 11) is 3.95. The monoisotopic (exact) mass is 600 g/mol. The summed E-state index contributed by atoms with van der Waals surface area (Å²) in [5, 5.41) is 10.2. The first-order chi connectivity index (χ1) is 18.6. The van der Waals surface area contributed by atoms with Crippen LogP contribution < -0.4 is 4.74 Å². The molecule has 0 spiro atoms. The number of carbonyl (C=O) groups is 2. The minimum atomic E-state index is -0.976. The summed E-state index contributed by atoms with van der Waals surface area (Å²) in [5.41, 5.74) is 3.56. The Morgan fingerprint density at radius 2 is 1.85 bits per heavy atom. The molecule has 0 aromatic heterocycles. The Labute approximate surface area is 247 Å². The van der Waals surface area contributed by atoms with Gasteiger partial charge in [0.15, 0.2) is 0 Å². The summed E-state index contributed by atoms with van der Waals surface area (Å²) >= 11 is 19.3. The van der Waals surface area contributed by atoms with E-state index < -0.39 is 5.97 Å². The van der Waals surface area contributed by atoms with Crippen molar-refractivity contribution in [3.63, 3.8) is 0 Å². The smallest absolute Gasteiger partial charge is 0.335 e. The van der Waals surface area contributed by atoms with Crippen molar-refractivity contribution >= 4 is 69.5 Å². The van der Waals surface area contributed by atoms with Crippen molar-refractivity contribution in [2.45, 2.75) is 6.42 Å². The Balaban J connectivity index is 1.58. The van der Waals surface area contributed by atoms with Gasteiger partial charge in [-0.25, -0.2) is 4.79 Å². The van der Waals surface area contributed by atoms with E-state index in [9.17, 15) is 9.59 Å². The van der Waals surface area contributed by atoms with E-state index in [-0.39, 0.29) is 11.5 Å². The normalized spacial score (nSPS) is 14.5. The van der Waals surface area contributed by atoms with Crippen LogP contribution >= 0.6 is 47.2 Å². The third-order valence-electron chi connectivity index (χ3n) is 6.03. The minimum absolute atomic E-state index is 0.179. The van der Waals surface area contributed by atoms with E-state index in [1.165, 1.54) is 11.8 Å². The van der Waals surface area contributed by atoms with E-state index in [2.05, 4.69) is 0 Å². The second-order valence-corrected chi connectivity index (χ2v) is 11.6. The number of nitrogens with zero attached hydrogens (tertiary/aromatic N) is 2. The SMILES string of the molecule is CN(C)CCOc1ccc(-c2ccc(Cl)cc2Cl)cc1C=C1SC(=S)N(CCc2ccc(C(=O)O)cc2)C1=O. The van der Waals surface area contributed by atoms with Crippen LogP contribution in [0.4, 0.5) is 0 Å². The van der Waals surface area contributed by atoms with E-state index in [0.717, 1.165) is 28.8 Å². The van der Waals surface area contributed by atoms with Gasteiger partial charge < -0.3 is 14.7 Å². The third kappa shape index (κ3) is 7.41. The number of hydrogen-bond acceptors (Lipinski definition) is 6. The lowest BCUT2D eigenvalue weighted by molar-refractivity contribution is -0.122. The number of ether oxygens (including phenoxy) is 1. The van der Waals surface area contributed by atoms with Crippen LogP contribution in [-0.2, 0) is 11.2 Å². The number of hydrogen-bond donors (Lipinski definition) is 1. The molecule has 10 heteroatoms. The average Bonchev–Trinajstić information content (AvgIpc) is 3.15. The minimum Gasteiger partial charge on any atom is -0.492 e. The molecule has 0 radical (unpaired) electrons. The summed E-state index contributed by atoms with van der Waals surface area (Å²) in [4.78, 5) is 28.5. The molecule has 1 aliphatic heterocycles. The maximum atomic E-state index is 13.3. The lowest BCUT2D eigenvalue weighted by Crippen LogP contribution is -2.30. The van der Waals surface area contributed by atoms with Crippen LogP contribution in [0.5, 0.6) is 5.75 Å². The number of carboxylic acids is 1. The number of benzene rings is 3. The zero-order valence-electron chi connectivity index (χ0n) is 21.3. The zero-order valence-corrected chi connectivity index (χ0v) is 24.5. The molecule has 1 N–H and O–H groups in total. The van der Waals surface area contributed by atoms with Crippen molar-refractivity contribution in [3.05, 3.63) is 92.3 Å². The van der Waals surface area contributed by atoms with E-state index in [0.29, 0.717) is 44.6 Å². The van der Waals surface area contributed by atoms with Crippen LogP contribution in [0.15, 0.2) is 65.6 Å². The van der Waals surface area contributed by atoms with Gasteiger partial charge in [-0.15, -0.1) is 0 Å². The molecule has 39 heavy (non-hydrogen) atoms. The number of likely N-dealkylation sites (N-methyl/N-ethyl adjacent to an activating group) is 1. The molecule has 1 aliphatic rings. The van der Waals surface area contributed by atoms with E-state index in [4.69, 9.17) is 45.3 Å². The Bertz CT molecular complexity index is 1440. The molecule has 4 rings (SSSR count). The number of aromatic carboxylic acids is 1. The van der Waals surface area contributed by atoms with Crippen molar-refractivity contribution in [2.24, 2.45) is 0 Å². The fourth-order valence-corrected chi connectivity index (χ4v) is 5.73. The highest BCUT2D eigenvalue weighted by molar-refractivity contribution is 8.26. The molecule has 3 aromatic rings. The molecule has 0 bridgehead atoms. The van der Waals surface area contributed by atoms with Crippen LogP contribution in [0, 0.1) is 0 Å². The third-order valence-corrected chi connectivity index (χ3v) is 7.96. The van der Waals surface area contributed by atoms with Gasteiger partial charge in [0.05, 0.1) is 10.5 Å². The van der Waals surface area contributed by atoms with Crippen molar-refractivity contribution in [1.29, 1.82) is 0 Å². The highest BCUT2D eigenvalue weighted by Gasteiger charge is 2.32. The largest absolute Gasteiger partial charge is 0.492 e. The summed E-state index contributed by atoms with van der Waals surface area (Å²) in [6.45, 7) is 1.61. The standard InChI is InChI=1S/C29H26Cl2N2O4S2/c1-32(2)13-14-37-25-10-7-20(23-9-8-22(30)17-24(23)31)15-21(25)16-26-27(34)33(29(38)39-26)12-11-18-3-5-19(6-4-18)28(35)36/h3-10,15-17H,11-14H2,1-2H3,(H,35,36). The van der Waals surface area contributed by atoms with Crippen molar-refractivity contribution < 1.29 is 19.4 Å². The number of carbonyl (C=O) groups excluding carboxylic acids is 1. The highest BCUT2D eigenvalue weighted by Crippen LogP contribution is 2.37. The number of thioether (sulfide) groups is 1. The van der Waals surface area contributed by atoms with Crippen LogP contribution in [0.25, 0.3) is 17.2 Å². The fourth-order valence-electron chi connectivity index (χ4n) is 3.91. The summed E-state index contributed by atoms with van der Waals surface area (Å²) < 4.78 is 6.54. The lowest BCUT2D eigenvalue weighted by atomic mass is 10.0. The molecular weight excluding hydrogens is 575 g/mol. The second kappa shape index (κ2) is 13.0. The lowest BCUT2D eigenvalue weighted by Gasteiger charge is -2.15. The Morgan fingerprint density at radius 3 is 2.51 bits per heavy atom. The van der Waals surface area contributed by atoms with E-state index in [1.807, 2.05) is 43.3 Å². The number of rotatable bonds is 10. The Hall–Kier alpha value is -2.88. The Morgan fingerprint density at radius 1 is 1.10 bits per heavy atom. The summed E-state index contributed by atoms with van der Waals surface area (Å²) in [6, 6.07) is 17.7. The van der Waals surface area contributed by atoms with Gasteiger partial charge in [0.1, 0.15) is 16.7 Å². The van der Waals surface area contributed by atoms with Crippen molar-refractivity contribution in [3.8, 4) is 16.9 Å². The Kier molecular flexibility index (Phi) is 9.69. The van der Waals surface area contributed by atoms with Gasteiger partial charge in [0.2, 0.25) is 0 Å². The van der Waals surface area contributed by atoms with Gasteiger partial charge in [-0.2, -0.15) is 0 Å². The van der Waals surface area contributed by atoms with Gasteiger partial charge in [-0.1, -0.05) is 71.4 Å². The molecule has 3 aromatic carbocycles. The van der Waals surface area contributed by atoms with E-state index >= 15 is 0 Å². The predicted molar refractivity (Wildman–Crippen MR) is 163 cm³/mol.